The molecule has 0 aromatic rings. The van der Waals surface area contributed by atoms with Crippen LogP contribution in [0.4, 0.5) is 0 Å². The molecular formula is C10H19NO7S2. The monoisotopic (exact) mass is 329 g/mol. The number of piperidine rings is 1. The molecule has 1 aliphatic rings. The molecule has 0 radical (unpaired) electrons. The van der Waals surface area contributed by atoms with Gasteiger partial charge in [0, 0.05) is 13.1 Å². The lowest BCUT2D eigenvalue weighted by atomic mass is 9.96. The number of hydrogen-bond donors (Lipinski definition) is 0. The zero-order chi connectivity index (χ0) is 15.6. The van der Waals surface area contributed by atoms with Crippen LogP contribution in [-0.4, -0.2) is 65.4 Å². The lowest BCUT2D eigenvalue weighted by Crippen LogP contribution is -2.50. The molecule has 20 heavy (non-hydrogen) atoms. The van der Waals surface area contributed by atoms with Crippen LogP contribution >= 0.6 is 0 Å². The normalized spacial score (nSPS) is 25.4. The van der Waals surface area contributed by atoms with Gasteiger partial charge in [-0.15, -0.1) is 0 Å². The molecule has 0 aromatic carbocycles. The average molecular weight is 329 g/mol. The van der Waals surface area contributed by atoms with E-state index in [4.69, 9.17) is 8.92 Å². The number of hydrogen-bond acceptors (Lipinski definition) is 7. The highest BCUT2D eigenvalue weighted by Crippen LogP contribution is 2.24. The Labute approximate surface area is 119 Å². The van der Waals surface area contributed by atoms with E-state index in [0.717, 1.165) is 16.8 Å². The second-order valence-corrected chi connectivity index (χ2v) is 8.19. The average Bonchev–Trinajstić information content (AvgIpc) is 2.26. The number of ether oxygens (including phenoxy) is 1. The fourth-order valence-electron chi connectivity index (χ4n) is 2.02. The van der Waals surface area contributed by atoms with Crippen molar-refractivity contribution in [3.63, 3.8) is 0 Å². The van der Waals surface area contributed by atoms with Crippen molar-refractivity contribution in [2.75, 3.05) is 32.2 Å². The molecule has 0 aliphatic carbocycles. The SMILES string of the molecule is CCOC(=O)C1CN(S(C)(=O)=O)CCC1OS(C)(=O)=O. The van der Waals surface area contributed by atoms with Crippen molar-refractivity contribution >= 4 is 26.1 Å². The van der Waals surface area contributed by atoms with Gasteiger partial charge in [-0.1, -0.05) is 0 Å². The van der Waals surface area contributed by atoms with Crippen LogP contribution in [0.25, 0.3) is 0 Å². The van der Waals surface area contributed by atoms with Crippen molar-refractivity contribution in [2.45, 2.75) is 19.4 Å². The van der Waals surface area contributed by atoms with E-state index in [0.29, 0.717) is 0 Å². The van der Waals surface area contributed by atoms with Crippen molar-refractivity contribution in [2.24, 2.45) is 5.92 Å². The minimum atomic E-state index is -3.73. The fourth-order valence-corrected chi connectivity index (χ4v) is 3.56. The van der Waals surface area contributed by atoms with Gasteiger partial charge in [-0.2, -0.15) is 8.42 Å². The molecule has 0 spiro atoms. The number of carbonyl (C=O) groups is 1. The van der Waals surface area contributed by atoms with Crippen molar-refractivity contribution in [3.05, 3.63) is 0 Å². The first-order chi connectivity index (χ1) is 9.04. The van der Waals surface area contributed by atoms with Crippen molar-refractivity contribution in [1.82, 2.24) is 4.31 Å². The number of esters is 1. The topological polar surface area (TPSA) is 107 Å². The van der Waals surface area contributed by atoms with E-state index in [2.05, 4.69) is 0 Å². The lowest BCUT2D eigenvalue weighted by Gasteiger charge is -2.34. The molecule has 1 rings (SSSR count). The summed E-state index contributed by atoms with van der Waals surface area (Å²) < 4.78 is 56.3. The fraction of sp³-hybridized carbons (Fsp3) is 0.900. The van der Waals surface area contributed by atoms with Gasteiger partial charge in [-0.25, -0.2) is 12.7 Å². The predicted molar refractivity (Wildman–Crippen MR) is 70.9 cm³/mol. The number of rotatable bonds is 5. The third-order valence-electron chi connectivity index (χ3n) is 2.87. The van der Waals surface area contributed by atoms with Crippen LogP contribution in [-0.2, 0) is 33.9 Å². The molecule has 0 saturated carbocycles. The largest absolute Gasteiger partial charge is 0.466 e. The molecule has 0 bridgehead atoms. The summed E-state index contributed by atoms with van der Waals surface area (Å²) in [5.41, 5.74) is 0. The van der Waals surface area contributed by atoms with E-state index in [1.165, 1.54) is 0 Å². The third kappa shape index (κ3) is 5.00. The molecule has 0 aromatic heterocycles. The van der Waals surface area contributed by atoms with Crippen LogP contribution in [0.15, 0.2) is 0 Å². The Bertz CT molecular complexity index is 554. The van der Waals surface area contributed by atoms with Gasteiger partial charge in [-0.3, -0.25) is 8.98 Å². The highest BCUT2D eigenvalue weighted by atomic mass is 32.2. The minimum absolute atomic E-state index is 0.106. The predicted octanol–water partition coefficient (Wildman–Crippen LogP) is -0.824. The highest BCUT2D eigenvalue weighted by Gasteiger charge is 2.40. The van der Waals surface area contributed by atoms with Crippen LogP contribution < -0.4 is 0 Å². The van der Waals surface area contributed by atoms with E-state index >= 15 is 0 Å². The first kappa shape index (κ1) is 17.3. The molecule has 10 heteroatoms. The summed E-state index contributed by atoms with van der Waals surface area (Å²) in [5, 5.41) is 0. The third-order valence-corrected chi connectivity index (χ3v) is 4.74. The molecule has 1 saturated heterocycles. The number of carbonyl (C=O) groups excluding carboxylic acids is 1. The van der Waals surface area contributed by atoms with Gasteiger partial charge in [0.25, 0.3) is 10.1 Å². The summed E-state index contributed by atoms with van der Waals surface area (Å²) >= 11 is 0. The molecule has 1 heterocycles. The standard InChI is InChI=1S/C10H19NO7S2/c1-4-17-10(12)8-7-11(19(2,13)14)6-5-9(8)18-20(3,15)16/h8-9H,4-7H2,1-3H3. The maximum absolute atomic E-state index is 11.8. The minimum Gasteiger partial charge on any atom is -0.466 e. The Morgan fingerprint density at radius 3 is 2.30 bits per heavy atom. The summed E-state index contributed by atoms with van der Waals surface area (Å²) in [7, 11) is -7.19. The van der Waals surface area contributed by atoms with E-state index in [1.54, 1.807) is 6.92 Å². The van der Waals surface area contributed by atoms with E-state index in [1.807, 2.05) is 0 Å². The van der Waals surface area contributed by atoms with Gasteiger partial charge < -0.3 is 4.74 Å². The van der Waals surface area contributed by atoms with Gasteiger partial charge in [0.1, 0.15) is 0 Å². The van der Waals surface area contributed by atoms with Crippen LogP contribution in [0, 0.1) is 5.92 Å². The zero-order valence-electron chi connectivity index (χ0n) is 11.6. The summed E-state index contributed by atoms with van der Waals surface area (Å²) in [5.74, 6) is -1.61. The highest BCUT2D eigenvalue weighted by molar-refractivity contribution is 7.88. The van der Waals surface area contributed by atoms with Gasteiger partial charge in [-0.05, 0) is 13.3 Å². The molecular weight excluding hydrogens is 310 g/mol. The van der Waals surface area contributed by atoms with Crippen LogP contribution in [0.1, 0.15) is 13.3 Å². The molecule has 2 atom stereocenters. The first-order valence-electron chi connectivity index (χ1n) is 6.04. The summed E-state index contributed by atoms with van der Waals surface area (Å²) in [6, 6.07) is 0. The molecule has 0 N–H and O–H groups in total. The summed E-state index contributed by atoms with van der Waals surface area (Å²) in [6.45, 7) is 1.70. The first-order valence-corrected chi connectivity index (χ1v) is 9.71. The smallest absolute Gasteiger partial charge is 0.312 e. The lowest BCUT2D eigenvalue weighted by molar-refractivity contribution is -0.153. The van der Waals surface area contributed by atoms with Crippen molar-refractivity contribution in [1.29, 1.82) is 0 Å². The molecule has 0 amide bonds. The van der Waals surface area contributed by atoms with E-state index in [-0.39, 0.29) is 26.1 Å². The van der Waals surface area contributed by atoms with Crippen molar-refractivity contribution in [3.8, 4) is 0 Å². The van der Waals surface area contributed by atoms with E-state index < -0.39 is 38.1 Å². The Morgan fingerprint density at radius 1 is 1.25 bits per heavy atom. The van der Waals surface area contributed by atoms with Crippen LogP contribution in [0.3, 0.4) is 0 Å². The Morgan fingerprint density at radius 2 is 1.85 bits per heavy atom. The second kappa shape index (κ2) is 6.37. The molecule has 2 unspecified atom stereocenters. The Kier molecular flexibility index (Phi) is 5.53. The van der Waals surface area contributed by atoms with Gasteiger partial charge in [0.15, 0.2) is 0 Å². The Hall–Kier alpha value is -0.710. The number of nitrogens with zero attached hydrogens (tertiary/aromatic N) is 1. The quantitative estimate of drug-likeness (QED) is 0.479. The molecule has 1 aliphatic heterocycles. The molecule has 1 fully saturated rings. The van der Waals surface area contributed by atoms with Crippen LogP contribution in [0.2, 0.25) is 0 Å². The summed E-state index contributed by atoms with van der Waals surface area (Å²) in [6.07, 6.45) is 1.14. The molecule has 8 nitrogen and oxygen atoms in total. The van der Waals surface area contributed by atoms with Gasteiger partial charge >= 0.3 is 5.97 Å². The van der Waals surface area contributed by atoms with Crippen LogP contribution in [0.5, 0.6) is 0 Å². The number of sulfonamides is 1. The maximum atomic E-state index is 11.8. The van der Waals surface area contributed by atoms with Gasteiger partial charge in [0.2, 0.25) is 10.0 Å². The Balaban J connectivity index is 2.94. The second-order valence-electron chi connectivity index (χ2n) is 4.61. The maximum Gasteiger partial charge on any atom is 0.312 e. The molecule has 118 valence electrons. The summed E-state index contributed by atoms with van der Waals surface area (Å²) in [4.78, 5) is 11.8. The van der Waals surface area contributed by atoms with E-state index in [9.17, 15) is 21.6 Å². The van der Waals surface area contributed by atoms with Crippen molar-refractivity contribution < 1.29 is 30.6 Å². The zero-order valence-corrected chi connectivity index (χ0v) is 13.2. The van der Waals surface area contributed by atoms with Gasteiger partial charge in [0.05, 0.1) is 31.1 Å².